The van der Waals surface area contributed by atoms with Gasteiger partial charge in [0.25, 0.3) is 0 Å². The number of ether oxygens (including phenoxy) is 1. The molecule has 2 unspecified atom stereocenters. The molecule has 0 fully saturated rings. The highest BCUT2D eigenvalue weighted by Crippen LogP contribution is 2.10. The fourth-order valence-corrected chi connectivity index (χ4v) is 1.19. The molecule has 14 heavy (non-hydrogen) atoms. The Kier molecular flexibility index (Phi) is 7.11. The van der Waals surface area contributed by atoms with Crippen LogP contribution in [0.25, 0.3) is 0 Å². The fourth-order valence-electron chi connectivity index (χ4n) is 1.19. The smallest absolute Gasteiger partial charge is 0.330 e. The quantitative estimate of drug-likeness (QED) is 0.388. The highest BCUT2D eigenvalue weighted by atomic mass is 16.6. The molecule has 0 aliphatic carbocycles. The molecule has 0 aliphatic heterocycles. The van der Waals surface area contributed by atoms with Crippen LogP contribution >= 0.6 is 0 Å². The van der Waals surface area contributed by atoms with Crippen LogP contribution in [-0.4, -0.2) is 23.3 Å². The van der Waals surface area contributed by atoms with Gasteiger partial charge in [-0.25, -0.2) is 4.79 Å². The third kappa shape index (κ3) is 5.75. The number of carbonyl (C=O) groups excluding carboxylic acids is 1. The topological polar surface area (TPSA) is 46.5 Å². The average molecular weight is 200 g/mol. The molecule has 0 spiro atoms. The molecule has 0 aromatic carbocycles. The Labute approximate surface area is 85.8 Å². The van der Waals surface area contributed by atoms with Crippen molar-refractivity contribution in [2.24, 2.45) is 0 Å². The van der Waals surface area contributed by atoms with Crippen molar-refractivity contribution in [3.63, 3.8) is 0 Å². The van der Waals surface area contributed by atoms with Gasteiger partial charge in [0.15, 0.2) is 0 Å². The van der Waals surface area contributed by atoms with Crippen molar-refractivity contribution < 1.29 is 14.6 Å². The summed E-state index contributed by atoms with van der Waals surface area (Å²) in [6.45, 7) is 7.05. The monoisotopic (exact) mass is 200 g/mol. The van der Waals surface area contributed by atoms with Gasteiger partial charge >= 0.3 is 5.97 Å². The minimum Gasteiger partial charge on any atom is -0.456 e. The van der Waals surface area contributed by atoms with Gasteiger partial charge in [-0.3, -0.25) is 0 Å². The molecular formula is C11H20O3. The van der Waals surface area contributed by atoms with E-state index in [1.54, 1.807) is 6.92 Å². The number of carbonyl (C=O) groups is 1. The molecule has 82 valence electrons. The number of hydrogen-bond donors (Lipinski definition) is 1. The first-order valence-electron chi connectivity index (χ1n) is 5.13. The maximum atomic E-state index is 10.9. The summed E-state index contributed by atoms with van der Waals surface area (Å²) in [5, 5.41) is 9.34. The molecule has 2 atom stereocenters. The molecule has 0 amide bonds. The molecule has 0 saturated heterocycles. The van der Waals surface area contributed by atoms with Crippen molar-refractivity contribution in [1.82, 2.24) is 0 Å². The van der Waals surface area contributed by atoms with Crippen LogP contribution in [0, 0.1) is 0 Å². The second-order valence-electron chi connectivity index (χ2n) is 3.42. The molecule has 0 bridgehead atoms. The molecular weight excluding hydrogens is 180 g/mol. The number of aliphatic hydroxyl groups is 1. The van der Waals surface area contributed by atoms with Gasteiger partial charge in [-0.1, -0.05) is 26.3 Å². The minimum absolute atomic E-state index is 0.396. The number of aliphatic hydroxyl groups excluding tert-OH is 1. The van der Waals surface area contributed by atoms with Crippen molar-refractivity contribution >= 4 is 5.97 Å². The molecule has 1 N–H and O–H groups in total. The summed E-state index contributed by atoms with van der Waals surface area (Å²) in [5.41, 5.74) is 0. The molecule has 0 aromatic rings. The molecule has 3 nitrogen and oxygen atoms in total. The fraction of sp³-hybridized carbons (Fsp3) is 0.727. The van der Waals surface area contributed by atoms with Gasteiger partial charge in [0.05, 0.1) is 6.10 Å². The average Bonchev–Trinajstić information content (AvgIpc) is 2.16. The van der Waals surface area contributed by atoms with E-state index in [9.17, 15) is 9.90 Å². The van der Waals surface area contributed by atoms with Gasteiger partial charge in [0.2, 0.25) is 0 Å². The summed E-state index contributed by atoms with van der Waals surface area (Å²) < 4.78 is 5.00. The maximum Gasteiger partial charge on any atom is 0.330 e. The van der Waals surface area contributed by atoms with Crippen LogP contribution in [0.15, 0.2) is 12.7 Å². The van der Waals surface area contributed by atoms with Crippen molar-refractivity contribution in [3.05, 3.63) is 12.7 Å². The number of hydrogen-bond acceptors (Lipinski definition) is 3. The van der Waals surface area contributed by atoms with E-state index >= 15 is 0 Å². The van der Waals surface area contributed by atoms with Gasteiger partial charge in [0.1, 0.15) is 6.10 Å². The van der Waals surface area contributed by atoms with E-state index < -0.39 is 18.2 Å². The summed E-state index contributed by atoms with van der Waals surface area (Å²) in [7, 11) is 0. The van der Waals surface area contributed by atoms with E-state index in [1.807, 2.05) is 0 Å². The Bertz CT molecular complexity index is 175. The van der Waals surface area contributed by atoms with Crippen LogP contribution in [-0.2, 0) is 9.53 Å². The van der Waals surface area contributed by atoms with Gasteiger partial charge in [0, 0.05) is 6.08 Å². The third-order valence-corrected chi connectivity index (χ3v) is 2.06. The number of esters is 1. The van der Waals surface area contributed by atoms with E-state index in [2.05, 4.69) is 13.5 Å². The SMILES string of the molecule is C=CC(=O)OC(CCCCC)C(C)O. The van der Waals surface area contributed by atoms with Crippen LogP contribution in [0.4, 0.5) is 0 Å². The van der Waals surface area contributed by atoms with Gasteiger partial charge < -0.3 is 9.84 Å². The molecule has 0 radical (unpaired) electrons. The zero-order chi connectivity index (χ0) is 11.0. The summed E-state index contributed by atoms with van der Waals surface area (Å²) in [6.07, 6.45) is 4.00. The molecule has 0 aliphatic rings. The predicted molar refractivity (Wildman–Crippen MR) is 55.9 cm³/mol. The summed E-state index contributed by atoms with van der Waals surface area (Å²) >= 11 is 0. The normalized spacial score (nSPS) is 14.5. The zero-order valence-corrected chi connectivity index (χ0v) is 9.03. The van der Waals surface area contributed by atoms with Crippen LogP contribution in [0.2, 0.25) is 0 Å². The van der Waals surface area contributed by atoms with Crippen LogP contribution in [0.5, 0.6) is 0 Å². The Hall–Kier alpha value is -0.830. The van der Waals surface area contributed by atoms with E-state index in [0.717, 1.165) is 25.3 Å². The Morgan fingerprint density at radius 3 is 2.64 bits per heavy atom. The van der Waals surface area contributed by atoms with E-state index in [-0.39, 0.29) is 0 Å². The first-order chi connectivity index (χ1) is 6.61. The van der Waals surface area contributed by atoms with Gasteiger partial charge in [-0.15, -0.1) is 0 Å². The highest BCUT2D eigenvalue weighted by Gasteiger charge is 2.17. The third-order valence-electron chi connectivity index (χ3n) is 2.06. The van der Waals surface area contributed by atoms with E-state index in [1.165, 1.54) is 0 Å². The van der Waals surface area contributed by atoms with Crippen LogP contribution in [0.1, 0.15) is 39.5 Å². The van der Waals surface area contributed by atoms with Crippen molar-refractivity contribution in [2.75, 3.05) is 0 Å². The number of rotatable bonds is 7. The number of unbranched alkanes of at least 4 members (excludes halogenated alkanes) is 2. The molecule has 0 heterocycles. The lowest BCUT2D eigenvalue weighted by atomic mass is 10.1. The largest absolute Gasteiger partial charge is 0.456 e. The second-order valence-corrected chi connectivity index (χ2v) is 3.42. The Morgan fingerprint density at radius 1 is 1.57 bits per heavy atom. The highest BCUT2D eigenvalue weighted by molar-refractivity contribution is 5.81. The Morgan fingerprint density at radius 2 is 2.21 bits per heavy atom. The minimum atomic E-state index is -0.615. The summed E-state index contributed by atoms with van der Waals surface area (Å²) in [6, 6.07) is 0. The zero-order valence-electron chi connectivity index (χ0n) is 9.03. The summed E-state index contributed by atoms with van der Waals surface area (Å²) in [4.78, 5) is 10.9. The molecule has 0 saturated carbocycles. The first-order valence-corrected chi connectivity index (χ1v) is 5.13. The Balaban J connectivity index is 3.89. The molecule has 3 heteroatoms. The molecule has 0 rings (SSSR count). The van der Waals surface area contributed by atoms with E-state index in [4.69, 9.17) is 4.74 Å². The van der Waals surface area contributed by atoms with Crippen molar-refractivity contribution in [3.8, 4) is 0 Å². The molecule has 0 aromatic heterocycles. The van der Waals surface area contributed by atoms with Crippen LogP contribution in [0.3, 0.4) is 0 Å². The van der Waals surface area contributed by atoms with E-state index in [0.29, 0.717) is 6.42 Å². The first kappa shape index (κ1) is 13.2. The lowest BCUT2D eigenvalue weighted by Crippen LogP contribution is -2.28. The second kappa shape index (κ2) is 7.56. The predicted octanol–water partition coefficient (Wildman–Crippen LogP) is 2.05. The van der Waals surface area contributed by atoms with Crippen molar-refractivity contribution in [1.29, 1.82) is 0 Å². The lowest BCUT2D eigenvalue weighted by Gasteiger charge is -2.19. The standard InChI is InChI=1S/C11H20O3/c1-4-6-7-8-10(9(3)12)14-11(13)5-2/h5,9-10,12H,2,4,6-8H2,1,3H3. The summed E-state index contributed by atoms with van der Waals surface area (Å²) in [5.74, 6) is -0.465. The van der Waals surface area contributed by atoms with Gasteiger partial charge in [-0.2, -0.15) is 0 Å². The lowest BCUT2D eigenvalue weighted by molar-refractivity contribution is -0.148. The van der Waals surface area contributed by atoms with Crippen LogP contribution < -0.4 is 0 Å². The van der Waals surface area contributed by atoms with Crippen molar-refractivity contribution in [2.45, 2.75) is 51.7 Å². The van der Waals surface area contributed by atoms with Gasteiger partial charge in [-0.05, 0) is 19.8 Å². The maximum absolute atomic E-state index is 10.9.